The van der Waals surface area contributed by atoms with Gasteiger partial charge in [-0.2, -0.15) is 0 Å². The molecule has 1 aliphatic rings. The molecule has 1 aromatic heterocycles. The molecule has 1 aliphatic heterocycles. The molecule has 1 N–H and O–H groups in total. The van der Waals surface area contributed by atoms with E-state index < -0.39 is 6.04 Å². The lowest BCUT2D eigenvalue weighted by molar-refractivity contribution is -0.124. The van der Waals surface area contributed by atoms with Crippen LogP contribution in [0.3, 0.4) is 0 Å². The highest BCUT2D eigenvalue weighted by Gasteiger charge is 2.36. The Morgan fingerprint density at radius 3 is 2.79 bits per heavy atom. The SMILES string of the molecule is COc1ccc(N2C(=O)CCC2C(=O)NCc2cccnc2)cc1. The highest BCUT2D eigenvalue weighted by atomic mass is 16.5. The molecule has 1 fully saturated rings. The number of methoxy groups -OCH3 is 1. The van der Waals surface area contributed by atoms with Crippen LogP contribution in [0.2, 0.25) is 0 Å². The Morgan fingerprint density at radius 1 is 1.33 bits per heavy atom. The lowest BCUT2D eigenvalue weighted by Crippen LogP contribution is -2.44. The van der Waals surface area contributed by atoms with E-state index in [-0.39, 0.29) is 11.8 Å². The first-order chi connectivity index (χ1) is 11.7. The zero-order valence-corrected chi connectivity index (χ0v) is 13.4. The molecular formula is C18H19N3O3. The van der Waals surface area contributed by atoms with Gasteiger partial charge < -0.3 is 10.1 Å². The Balaban J connectivity index is 1.71. The maximum Gasteiger partial charge on any atom is 0.243 e. The number of rotatable bonds is 5. The van der Waals surface area contributed by atoms with Gasteiger partial charge in [0.25, 0.3) is 0 Å². The van der Waals surface area contributed by atoms with Crippen molar-refractivity contribution in [3.63, 3.8) is 0 Å². The summed E-state index contributed by atoms with van der Waals surface area (Å²) in [5, 5.41) is 2.89. The van der Waals surface area contributed by atoms with Crippen molar-refractivity contribution < 1.29 is 14.3 Å². The smallest absolute Gasteiger partial charge is 0.243 e. The maximum atomic E-state index is 12.5. The first-order valence-electron chi connectivity index (χ1n) is 7.82. The van der Waals surface area contributed by atoms with Crippen molar-refractivity contribution in [3.8, 4) is 5.75 Å². The molecule has 0 radical (unpaired) electrons. The van der Waals surface area contributed by atoms with Gasteiger partial charge in [0.15, 0.2) is 0 Å². The molecule has 1 saturated heterocycles. The van der Waals surface area contributed by atoms with E-state index >= 15 is 0 Å². The van der Waals surface area contributed by atoms with Crippen LogP contribution in [0.5, 0.6) is 5.75 Å². The van der Waals surface area contributed by atoms with E-state index in [1.807, 2.05) is 12.1 Å². The summed E-state index contributed by atoms with van der Waals surface area (Å²) >= 11 is 0. The van der Waals surface area contributed by atoms with Crippen LogP contribution < -0.4 is 15.0 Å². The first kappa shape index (κ1) is 16.0. The summed E-state index contributed by atoms with van der Waals surface area (Å²) in [4.78, 5) is 30.3. The number of carbonyl (C=O) groups is 2. The van der Waals surface area contributed by atoms with E-state index in [1.54, 1.807) is 48.7 Å². The molecule has 2 heterocycles. The fraction of sp³-hybridized carbons (Fsp3) is 0.278. The van der Waals surface area contributed by atoms with E-state index in [4.69, 9.17) is 4.74 Å². The normalized spacial score (nSPS) is 17.0. The number of hydrogen-bond donors (Lipinski definition) is 1. The van der Waals surface area contributed by atoms with Crippen molar-refractivity contribution in [1.29, 1.82) is 0 Å². The third-order valence-corrected chi connectivity index (χ3v) is 4.05. The number of benzene rings is 1. The summed E-state index contributed by atoms with van der Waals surface area (Å²) in [5.74, 6) is 0.519. The van der Waals surface area contributed by atoms with Gasteiger partial charge in [-0.05, 0) is 42.3 Å². The summed E-state index contributed by atoms with van der Waals surface area (Å²) in [6.45, 7) is 0.397. The molecule has 2 aromatic rings. The Hall–Kier alpha value is -2.89. The summed E-state index contributed by atoms with van der Waals surface area (Å²) < 4.78 is 5.13. The highest BCUT2D eigenvalue weighted by molar-refractivity contribution is 6.03. The number of pyridine rings is 1. The molecule has 0 saturated carbocycles. The number of ether oxygens (including phenoxy) is 1. The van der Waals surface area contributed by atoms with E-state index in [9.17, 15) is 9.59 Å². The summed E-state index contributed by atoms with van der Waals surface area (Å²) in [7, 11) is 1.59. The van der Waals surface area contributed by atoms with Gasteiger partial charge in [-0.3, -0.25) is 19.5 Å². The molecule has 6 nitrogen and oxygen atoms in total. The average molecular weight is 325 g/mol. The lowest BCUT2D eigenvalue weighted by atomic mass is 10.2. The molecule has 3 rings (SSSR count). The molecule has 2 amide bonds. The highest BCUT2D eigenvalue weighted by Crippen LogP contribution is 2.28. The Labute approximate surface area is 140 Å². The second-order valence-corrected chi connectivity index (χ2v) is 5.60. The average Bonchev–Trinajstić information content (AvgIpc) is 3.02. The van der Waals surface area contributed by atoms with Crippen molar-refractivity contribution in [1.82, 2.24) is 10.3 Å². The van der Waals surface area contributed by atoms with Gasteiger partial charge >= 0.3 is 0 Å². The summed E-state index contributed by atoms with van der Waals surface area (Å²) in [5.41, 5.74) is 1.63. The van der Waals surface area contributed by atoms with Crippen LogP contribution >= 0.6 is 0 Å². The van der Waals surface area contributed by atoms with Crippen molar-refractivity contribution in [2.24, 2.45) is 0 Å². The van der Waals surface area contributed by atoms with Crippen molar-refractivity contribution in [2.45, 2.75) is 25.4 Å². The van der Waals surface area contributed by atoms with Crippen LogP contribution in [0.25, 0.3) is 0 Å². The molecule has 1 atom stereocenters. The van der Waals surface area contributed by atoms with Gasteiger partial charge in [-0.1, -0.05) is 6.07 Å². The minimum Gasteiger partial charge on any atom is -0.497 e. The number of carbonyl (C=O) groups excluding carboxylic acids is 2. The number of aromatic nitrogens is 1. The van der Waals surface area contributed by atoms with Gasteiger partial charge in [0, 0.05) is 31.0 Å². The topological polar surface area (TPSA) is 71.5 Å². The minimum atomic E-state index is -0.484. The zero-order chi connectivity index (χ0) is 16.9. The molecule has 1 unspecified atom stereocenters. The van der Waals surface area contributed by atoms with Crippen molar-refractivity contribution >= 4 is 17.5 Å². The van der Waals surface area contributed by atoms with Crippen LogP contribution in [0, 0.1) is 0 Å². The molecule has 24 heavy (non-hydrogen) atoms. The Bertz CT molecular complexity index is 716. The lowest BCUT2D eigenvalue weighted by Gasteiger charge is -2.24. The molecule has 124 valence electrons. The number of anilines is 1. The van der Waals surface area contributed by atoms with E-state index in [2.05, 4.69) is 10.3 Å². The molecule has 1 aromatic carbocycles. The summed E-state index contributed by atoms with van der Waals surface area (Å²) in [6.07, 6.45) is 4.29. The van der Waals surface area contributed by atoms with Crippen LogP contribution in [0.1, 0.15) is 18.4 Å². The van der Waals surface area contributed by atoms with E-state index in [1.165, 1.54) is 0 Å². The second-order valence-electron chi connectivity index (χ2n) is 5.60. The van der Waals surface area contributed by atoms with Crippen molar-refractivity contribution in [2.75, 3.05) is 12.0 Å². The monoisotopic (exact) mass is 325 g/mol. The number of hydrogen-bond acceptors (Lipinski definition) is 4. The fourth-order valence-electron chi connectivity index (χ4n) is 2.81. The van der Waals surface area contributed by atoms with Gasteiger partial charge in [0.2, 0.25) is 11.8 Å². The standard InChI is InChI=1S/C18H19N3O3/c1-24-15-6-4-14(5-7-15)21-16(8-9-17(21)22)18(23)20-12-13-3-2-10-19-11-13/h2-7,10-11,16H,8-9,12H2,1H3,(H,20,23). The van der Waals surface area contributed by atoms with Gasteiger partial charge in [0.05, 0.1) is 7.11 Å². The molecule has 0 spiro atoms. The minimum absolute atomic E-state index is 0.0401. The fourth-order valence-corrected chi connectivity index (χ4v) is 2.81. The van der Waals surface area contributed by atoms with Gasteiger partial charge in [0.1, 0.15) is 11.8 Å². The Morgan fingerprint density at radius 2 is 2.12 bits per heavy atom. The largest absolute Gasteiger partial charge is 0.497 e. The van der Waals surface area contributed by atoms with Crippen LogP contribution in [0.4, 0.5) is 5.69 Å². The van der Waals surface area contributed by atoms with Gasteiger partial charge in [-0.15, -0.1) is 0 Å². The zero-order valence-electron chi connectivity index (χ0n) is 13.4. The summed E-state index contributed by atoms with van der Waals surface area (Å²) in [6, 6.07) is 10.4. The van der Waals surface area contributed by atoms with Crippen molar-refractivity contribution in [3.05, 3.63) is 54.4 Å². The first-order valence-corrected chi connectivity index (χ1v) is 7.82. The molecular weight excluding hydrogens is 306 g/mol. The quantitative estimate of drug-likeness (QED) is 0.911. The third kappa shape index (κ3) is 3.37. The predicted octanol–water partition coefficient (Wildman–Crippen LogP) is 1.90. The van der Waals surface area contributed by atoms with Crippen LogP contribution in [-0.4, -0.2) is 29.9 Å². The number of amides is 2. The number of nitrogens with zero attached hydrogens (tertiary/aromatic N) is 2. The molecule has 0 aliphatic carbocycles. The Kier molecular flexibility index (Phi) is 4.74. The van der Waals surface area contributed by atoms with Crippen LogP contribution in [-0.2, 0) is 16.1 Å². The molecule has 0 bridgehead atoms. The van der Waals surface area contributed by atoms with Gasteiger partial charge in [-0.25, -0.2) is 0 Å². The third-order valence-electron chi connectivity index (χ3n) is 4.05. The molecule has 6 heteroatoms. The van der Waals surface area contributed by atoms with Crippen LogP contribution in [0.15, 0.2) is 48.8 Å². The number of nitrogens with one attached hydrogen (secondary N) is 1. The maximum absolute atomic E-state index is 12.5. The second kappa shape index (κ2) is 7.12. The van der Waals surface area contributed by atoms with E-state index in [0.717, 1.165) is 5.56 Å². The predicted molar refractivity (Wildman–Crippen MR) is 89.6 cm³/mol. The van der Waals surface area contributed by atoms with E-state index in [0.29, 0.717) is 30.8 Å².